The Balaban J connectivity index is 2.06. The predicted octanol–water partition coefficient (Wildman–Crippen LogP) is 2.66. The highest BCUT2D eigenvalue weighted by atomic mass is 15.3. The first-order chi connectivity index (χ1) is 7.70. The molecular weight excluding hydrogens is 198 g/mol. The average Bonchev–Trinajstić information content (AvgIpc) is 2.62. The van der Waals surface area contributed by atoms with Crippen LogP contribution in [0.2, 0.25) is 0 Å². The SMILES string of the molecule is CNCc1cn(C2CCC(C)CC2)nc1C. The first-order valence-electron chi connectivity index (χ1n) is 6.40. The van der Waals surface area contributed by atoms with Gasteiger partial charge >= 0.3 is 0 Å². The van der Waals surface area contributed by atoms with Crippen LogP contribution in [0, 0.1) is 12.8 Å². The number of hydrogen-bond acceptors (Lipinski definition) is 2. The zero-order chi connectivity index (χ0) is 11.5. The summed E-state index contributed by atoms with van der Waals surface area (Å²) in [6.45, 7) is 5.39. The Hall–Kier alpha value is -0.830. The van der Waals surface area contributed by atoms with Gasteiger partial charge in [0.1, 0.15) is 0 Å². The average molecular weight is 221 g/mol. The predicted molar refractivity (Wildman–Crippen MR) is 66.4 cm³/mol. The van der Waals surface area contributed by atoms with Crippen molar-refractivity contribution in [2.45, 2.75) is 52.1 Å². The van der Waals surface area contributed by atoms with Crippen LogP contribution in [0.1, 0.15) is 49.9 Å². The van der Waals surface area contributed by atoms with Crippen LogP contribution in [-0.2, 0) is 6.54 Å². The molecule has 0 atom stereocenters. The maximum atomic E-state index is 4.65. The summed E-state index contributed by atoms with van der Waals surface area (Å²) in [5.74, 6) is 0.907. The summed E-state index contributed by atoms with van der Waals surface area (Å²) in [6, 6.07) is 0.639. The molecule has 1 aliphatic rings. The summed E-state index contributed by atoms with van der Waals surface area (Å²) >= 11 is 0. The molecule has 1 aromatic heterocycles. The number of aromatic nitrogens is 2. The van der Waals surface area contributed by atoms with E-state index in [0.717, 1.165) is 12.5 Å². The molecule has 0 spiro atoms. The highest BCUT2D eigenvalue weighted by molar-refractivity contribution is 5.15. The Morgan fingerprint density at radius 3 is 2.69 bits per heavy atom. The Morgan fingerprint density at radius 2 is 2.06 bits per heavy atom. The van der Waals surface area contributed by atoms with Gasteiger partial charge in [0.2, 0.25) is 0 Å². The lowest BCUT2D eigenvalue weighted by Gasteiger charge is -2.26. The van der Waals surface area contributed by atoms with E-state index in [0.29, 0.717) is 6.04 Å². The van der Waals surface area contributed by atoms with Crippen LogP contribution in [-0.4, -0.2) is 16.8 Å². The van der Waals surface area contributed by atoms with E-state index < -0.39 is 0 Å². The summed E-state index contributed by atoms with van der Waals surface area (Å²) in [5, 5.41) is 7.85. The smallest absolute Gasteiger partial charge is 0.0638 e. The number of nitrogens with zero attached hydrogens (tertiary/aromatic N) is 2. The molecule has 0 aliphatic heterocycles. The second-order valence-corrected chi connectivity index (χ2v) is 5.16. The third kappa shape index (κ3) is 2.46. The molecule has 1 aliphatic carbocycles. The summed E-state index contributed by atoms with van der Waals surface area (Å²) < 4.78 is 2.20. The van der Waals surface area contributed by atoms with E-state index in [1.807, 2.05) is 7.05 Å². The molecule has 0 amide bonds. The van der Waals surface area contributed by atoms with Gasteiger partial charge in [0, 0.05) is 18.3 Å². The van der Waals surface area contributed by atoms with Crippen LogP contribution in [0.25, 0.3) is 0 Å². The third-order valence-corrected chi connectivity index (χ3v) is 3.75. The van der Waals surface area contributed by atoms with Crippen molar-refractivity contribution in [2.24, 2.45) is 5.92 Å². The van der Waals surface area contributed by atoms with Gasteiger partial charge in [0.25, 0.3) is 0 Å². The Morgan fingerprint density at radius 1 is 1.38 bits per heavy atom. The van der Waals surface area contributed by atoms with Gasteiger partial charge < -0.3 is 5.32 Å². The van der Waals surface area contributed by atoms with Crippen molar-refractivity contribution >= 4 is 0 Å². The zero-order valence-electron chi connectivity index (χ0n) is 10.7. The van der Waals surface area contributed by atoms with Gasteiger partial charge in [-0.15, -0.1) is 0 Å². The molecule has 90 valence electrons. The largest absolute Gasteiger partial charge is 0.316 e. The number of aryl methyl sites for hydroxylation is 1. The van der Waals surface area contributed by atoms with Crippen molar-refractivity contribution < 1.29 is 0 Å². The number of rotatable bonds is 3. The monoisotopic (exact) mass is 221 g/mol. The molecule has 0 aromatic carbocycles. The maximum Gasteiger partial charge on any atom is 0.0638 e. The topological polar surface area (TPSA) is 29.9 Å². The van der Waals surface area contributed by atoms with Gasteiger partial charge in [0.15, 0.2) is 0 Å². The summed E-state index contributed by atoms with van der Waals surface area (Å²) in [6.07, 6.45) is 7.52. The van der Waals surface area contributed by atoms with Gasteiger partial charge in [-0.05, 0) is 45.6 Å². The fraction of sp³-hybridized carbons (Fsp3) is 0.769. The van der Waals surface area contributed by atoms with Gasteiger partial charge in [-0.25, -0.2) is 0 Å². The Labute approximate surface area is 98.2 Å². The molecule has 1 N–H and O–H groups in total. The van der Waals surface area contributed by atoms with Crippen LogP contribution in [0.5, 0.6) is 0 Å². The van der Waals surface area contributed by atoms with Crippen LogP contribution >= 0.6 is 0 Å². The molecule has 16 heavy (non-hydrogen) atoms. The van der Waals surface area contributed by atoms with Gasteiger partial charge in [0.05, 0.1) is 11.7 Å². The van der Waals surface area contributed by atoms with E-state index in [9.17, 15) is 0 Å². The van der Waals surface area contributed by atoms with E-state index in [4.69, 9.17) is 0 Å². The van der Waals surface area contributed by atoms with Crippen molar-refractivity contribution in [2.75, 3.05) is 7.05 Å². The minimum Gasteiger partial charge on any atom is -0.316 e. The summed E-state index contributed by atoms with van der Waals surface area (Å²) in [4.78, 5) is 0. The standard InChI is InChI=1S/C13H23N3/c1-10-4-6-13(7-5-10)16-9-12(8-14-3)11(2)15-16/h9-10,13-14H,4-8H2,1-3H3. The fourth-order valence-corrected chi connectivity index (χ4v) is 2.58. The maximum absolute atomic E-state index is 4.65. The minimum atomic E-state index is 0.639. The van der Waals surface area contributed by atoms with Gasteiger partial charge in [-0.2, -0.15) is 5.10 Å². The molecule has 0 unspecified atom stereocenters. The van der Waals surface area contributed by atoms with E-state index in [-0.39, 0.29) is 0 Å². The minimum absolute atomic E-state index is 0.639. The molecule has 1 heterocycles. The van der Waals surface area contributed by atoms with Crippen molar-refractivity contribution in [1.82, 2.24) is 15.1 Å². The van der Waals surface area contributed by atoms with Gasteiger partial charge in [-0.1, -0.05) is 6.92 Å². The van der Waals surface area contributed by atoms with Crippen LogP contribution in [0.4, 0.5) is 0 Å². The van der Waals surface area contributed by atoms with E-state index in [2.05, 4.69) is 35.1 Å². The number of nitrogens with one attached hydrogen (secondary N) is 1. The molecule has 2 rings (SSSR count). The van der Waals surface area contributed by atoms with Crippen LogP contribution in [0.3, 0.4) is 0 Å². The second-order valence-electron chi connectivity index (χ2n) is 5.16. The molecule has 1 saturated carbocycles. The molecule has 3 heteroatoms. The lowest BCUT2D eigenvalue weighted by Crippen LogP contribution is -2.17. The van der Waals surface area contributed by atoms with Crippen LogP contribution in [0.15, 0.2) is 6.20 Å². The molecule has 1 fully saturated rings. The molecule has 1 aromatic rings. The van der Waals surface area contributed by atoms with Crippen LogP contribution < -0.4 is 5.32 Å². The first-order valence-corrected chi connectivity index (χ1v) is 6.40. The van der Waals surface area contributed by atoms with Crippen molar-refractivity contribution in [3.05, 3.63) is 17.5 Å². The fourth-order valence-electron chi connectivity index (χ4n) is 2.58. The Kier molecular flexibility index (Phi) is 3.64. The number of hydrogen-bond donors (Lipinski definition) is 1. The Bertz CT molecular complexity index is 335. The third-order valence-electron chi connectivity index (χ3n) is 3.75. The highest BCUT2D eigenvalue weighted by Gasteiger charge is 2.20. The molecule has 0 radical (unpaired) electrons. The molecular formula is C13H23N3. The van der Waals surface area contributed by atoms with Gasteiger partial charge in [-0.3, -0.25) is 4.68 Å². The van der Waals surface area contributed by atoms with E-state index in [1.54, 1.807) is 0 Å². The lowest BCUT2D eigenvalue weighted by molar-refractivity contribution is 0.273. The quantitative estimate of drug-likeness (QED) is 0.850. The first kappa shape index (κ1) is 11.6. The molecule has 0 saturated heterocycles. The summed E-state index contributed by atoms with van der Waals surface area (Å²) in [7, 11) is 1.99. The zero-order valence-corrected chi connectivity index (χ0v) is 10.7. The normalized spacial score (nSPS) is 25.9. The highest BCUT2D eigenvalue weighted by Crippen LogP contribution is 2.31. The molecule has 3 nitrogen and oxygen atoms in total. The van der Waals surface area contributed by atoms with Crippen molar-refractivity contribution in [1.29, 1.82) is 0 Å². The lowest BCUT2D eigenvalue weighted by atomic mass is 9.87. The second kappa shape index (κ2) is 5.00. The van der Waals surface area contributed by atoms with E-state index >= 15 is 0 Å². The summed E-state index contributed by atoms with van der Waals surface area (Å²) in [5.41, 5.74) is 2.51. The van der Waals surface area contributed by atoms with Crippen molar-refractivity contribution in [3.63, 3.8) is 0 Å². The van der Waals surface area contributed by atoms with Crippen molar-refractivity contribution in [3.8, 4) is 0 Å². The van der Waals surface area contributed by atoms with E-state index in [1.165, 1.54) is 36.9 Å². The molecule has 0 bridgehead atoms.